The number of nitrogens with zero attached hydrogens (tertiary/aromatic N) is 3. The fourth-order valence-corrected chi connectivity index (χ4v) is 2.45. The van der Waals surface area contributed by atoms with E-state index in [0.717, 1.165) is 0 Å². The van der Waals surface area contributed by atoms with E-state index >= 15 is 0 Å². The van der Waals surface area contributed by atoms with E-state index in [1.54, 1.807) is 7.05 Å². The zero-order valence-electron chi connectivity index (χ0n) is 7.53. The highest BCUT2D eigenvalue weighted by Gasteiger charge is 2.19. The topological polar surface area (TPSA) is 68.0 Å². The number of benzene rings is 1. The van der Waals surface area contributed by atoms with Crippen LogP contribution in [-0.4, -0.2) is 26.1 Å². The Morgan fingerprint density at radius 1 is 1.67 bits per heavy atom. The molecule has 0 bridgehead atoms. The monoisotopic (exact) mass is 289 g/mol. The Balaban J connectivity index is 2.97. The summed E-state index contributed by atoms with van der Waals surface area (Å²) < 4.78 is 2.15. The maximum atomic E-state index is 11.0. The Bertz CT molecular complexity index is 567. The molecule has 0 atom stereocenters. The van der Waals surface area contributed by atoms with Gasteiger partial charge in [-0.1, -0.05) is 16.8 Å². The number of carboxylic acid groups (broad SMARTS) is 1. The van der Waals surface area contributed by atoms with Gasteiger partial charge in [-0.25, -0.2) is 9.48 Å². The maximum Gasteiger partial charge on any atom is 0.339 e. The molecule has 5 nitrogen and oxygen atoms in total. The van der Waals surface area contributed by atoms with Crippen molar-refractivity contribution in [2.75, 3.05) is 0 Å². The molecule has 0 aliphatic rings. The first-order chi connectivity index (χ1) is 7.02. The fourth-order valence-electron chi connectivity index (χ4n) is 1.36. The van der Waals surface area contributed by atoms with Crippen molar-refractivity contribution in [2.24, 2.45) is 7.05 Å². The van der Waals surface area contributed by atoms with Gasteiger partial charge in [0.05, 0.1) is 5.02 Å². The van der Waals surface area contributed by atoms with Crippen molar-refractivity contribution in [3.8, 4) is 0 Å². The van der Waals surface area contributed by atoms with Crippen molar-refractivity contribution in [2.45, 2.75) is 0 Å². The van der Waals surface area contributed by atoms with Crippen molar-refractivity contribution in [3.63, 3.8) is 0 Å². The van der Waals surface area contributed by atoms with E-state index in [2.05, 4.69) is 26.2 Å². The Kier molecular flexibility index (Phi) is 2.40. The van der Waals surface area contributed by atoms with Gasteiger partial charge in [0.1, 0.15) is 16.6 Å². The molecule has 0 fully saturated rings. The van der Waals surface area contributed by atoms with E-state index in [0.29, 0.717) is 9.99 Å². The Hall–Kier alpha value is -1.14. The molecule has 78 valence electrons. The van der Waals surface area contributed by atoms with Gasteiger partial charge in [0.15, 0.2) is 0 Å². The second kappa shape index (κ2) is 3.46. The molecule has 0 aliphatic carbocycles. The highest BCUT2D eigenvalue weighted by Crippen LogP contribution is 2.30. The van der Waals surface area contributed by atoms with Crippen LogP contribution >= 0.6 is 27.5 Å². The number of carbonyl (C=O) groups is 1. The molecule has 0 unspecified atom stereocenters. The van der Waals surface area contributed by atoms with Crippen molar-refractivity contribution < 1.29 is 9.90 Å². The van der Waals surface area contributed by atoms with E-state index in [-0.39, 0.29) is 16.1 Å². The molecule has 0 saturated carbocycles. The van der Waals surface area contributed by atoms with Crippen molar-refractivity contribution in [3.05, 3.63) is 21.1 Å². The summed E-state index contributed by atoms with van der Waals surface area (Å²) >= 11 is 9.11. The van der Waals surface area contributed by atoms with Crippen molar-refractivity contribution in [1.29, 1.82) is 0 Å². The largest absolute Gasteiger partial charge is 0.478 e. The standard InChI is InChI=1S/C8H5BrClN3O2/c1-13-7-3(9)2-4(10)5(8(14)15)6(7)11-12-13/h2H,1H3,(H,14,15). The number of aromatic carboxylic acids is 1. The van der Waals surface area contributed by atoms with E-state index in [9.17, 15) is 4.79 Å². The second-order valence-electron chi connectivity index (χ2n) is 2.93. The highest BCUT2D eigenvalue weighted by atomic mass is 79.9. The van der Waals surface area contributed by atoms with Crippen LogP contribution in [0.15, 0.2) is 10.5 Å². The number of halogens is 2. The van der Waals surface area contributed by atoms with Crippen LogP contribution in [0.5, 0.6) is 0 Å². The summed E-state index contributed by atoms with van der Waals surface area (Å²) in [5.74, 6) is -1.11. The molecule has 1 N–H and O–H groups in total. The second-order valence-corrected chi connectivity index (χ2v) is 4.19. The summed E-state index contributed by atoms with van der Waals surface area (Å²) in [7, 11) is 1.68. The molecule has 2 rings (SSSR count). The maximum absolute atomic E-state index is 11.0. The lowest BCUT2D eigenvalue weighted by atomic mass is 10.2. The molecule has 7 heteroatoms. The van der Waals surface area contributed by atoms with Crippen LogP contribution in [0.1, 0.15) is 10.4 Å². The van der Waals surface area contributed by atoms with E-state index in [4.69, 9.17) is 16.7 Å². The van der Waals surface area contributed by atoms with Gasteiger partial charge in [-0.15, -0.1) is 5.10 Å². The number of hydrogen-bond acceptors (Lipinski definition) is 3. The van der Waals surface area contributed by atoms with Crippen LogP contribution in [0.25, 0.3) is 11.0 Å². The van der Waals surface area contributed by atoms with E-state index in [1.165, 1.54) is 10.7 Å². The minimum absolute atomic E-state index is 0.0250. The average Bonchev–Trinajstić information content (AvgIpc) is 2.47. The molecular weight excluding hydrogens is 285 g/mol. The quantitative estimate of drug-likeness (QED) is 0.873. The van der Waals surface area contributed by atoms with Gasteiger partial charge in [-0.05, 0) is 22.0 Å². The zero-order chi connectivity index (χ0) is 11.2. The van der Waals surface area contributed by atoms with Crippen molar-refractivity contribution >= 4 is 44.5 Å². The summed E-state index contributed by atoms with van der Waals surface area (Å²) in [4.78, 5) is 11.0. The number of carboxylic acids is 1. The molecule has 1 aromatic carbocycles. The molecular formula is C8H5BrClN3O2. The smallest absolute Gasteiger partial charge is 0.339 e. The molecule has 15 heavy (non-hydrogen) atoms. The summed E-state index contributed by atoms with van der Waals surface area (Å²) in [5, 5.41) is 16.7. The molecule has 0 aliphatic heterocycles. The fraction of sp³-hybridized carbons (Fsp3) is 0.125. The lowest BCUT2D eigenvalue weighted by Gasteiger charge is -2.02. The third kappa shape index (κ3) is 1.49. The summed E-state index contributed by atoms with van der Waals surface area (Å²) in [6, 6.07) is 1.52. The first kappa shape index (κ1) is 10.4. The third-order valence-electron chi connectivity index (χ3n) is 2.00. The van der Waals surface area contributed by atoms with E-state index < -0.39 is 5.97 Å². The first-order valence-corrected chi connectivity index (χ1v) is 5.10. The SMILES string of the molecule is Cn1nnc2c(C(=O)O)c(Cl)cc(Br)c21. The molecule has 0 saturated heterocycles. The summed E-state index contributed by atoms with van der Waals surface area (Å²) in [6.07, 6.45) is 0. The van der Waals surface area contributed by atoms with Gasteiger partial charge < -0.3 is 5.11 Å². The average molecular weight is 291 g/mol. The van der Waals surface area contributed by atoms with Crippen LogP contribution < -0.4 is 0 Å². The molecule has 2 aromatic rings. The lowest BCUT2D eigenvalue weighted by molar-refractivity contribution is 0.0699. The lowest BCUT2D eigenvalue weighted by Crippen LogP contribution is -2.00. The molecule has 0 spiro atoms. The van der Waals surface area contributed by atoms with Crippen LogP contribution in [0.3, 0.4) is 0 Å². The minimum atomic E-state index is -1.11. The molecule has 1 heterocycles. The van der Waals surface area contributed by atoms with Crippen molar-refractivity contribution in [1.82, 2.24) is 15.0 Å². The number of hydrogen-bond donors (Lipinski definition) is 1. The predicted octanol–water partition coefficient (Wildman–Crippen LogP) is 2.08. The normalized spacial score (nSPS) is 10.9. The Morgan fingerprint density at radius 2 is 2.33 bits per heavy atom. The van der Waals surface area contributed by atoms with Gasteiger partial charge in [-0.2, -0.15) is 0 Å². The van der Waals surface area contributed by atoms with Crippen LogP contribution in [0.2, 0.25) is 5.02 Å². The highest BCUT2D eigenvalue weighted by molar-refractivity contribution is 9.10. The third-order valence-corrected chi connectivity index (χ3v) is 2.90. The summed E-state index contributed by atoms with van der Waals surface area (Å²) in [5.41, 5.74) is 0.865. The number of rotatable bonds is 1. The van der Waals surface area contributed by atoms with Gasteiger partial charge >= 0.3 is 5.97 Å². The Labute approximate surface area is 97.8 Å². The number of aromatic nitrogens is 3. The van der Waals surface area contributed by atoms with E-state index in [1.807, 2.05) is 0 Å². The molecule has 0 radical (unpaired) electrons. The first-order valence-electron chi connectivity index (χ1n) is 3.93. The van der Waals surface area contributed by atoms with Crippen LogP contribution in [0.4, 0.5) is 0 Å². The van der Waals surface area contributed by atoms with Gasteiger partial charge in [0.2, 0.25) is 0 Å². The minimum Gasteiger partial charge on any atom is -0.478 e. The predicted molar refractivity (Wildman–Crippen MR) is 58.2 cm³/mol. The summed E-state index contributed by atoms with van der Waals surface area (Å²) in [6.45, 7) is 0. The number of aryl methyl sites for hydroxylation is 1. The van der Waals surface area contributed by atoms with Gasteiger partial charge in [-0.3, -0.25) is 0 Å². The van der Waals surface area contributed by atoms with Gasteiger partial charge in [0, 0.05) is 11.5 Å². The van der Waals surface area contributed by atoms with Crippen LogP contribution in [0, 0.1) is 0 Å². The Morgan fingerprint density at radius 3 is 2.93 bits per heavy atom. The zero-order valence-corrected chi connectivity index (χ0v) is 9.87. The molecule has 0 amide bonds. The number of fused-ring (bicyclic) bond motifs is 1. The molecule has 1 aromatic heterocycles. The van der Waals surface area contributed by atoms with Crippen LogP contribution in [-0.2, 0) is 7.05 Å². The van der Waals surface area contributed by atoms with Gasteiger partial charge in [0.25, 0.3) is 0 Å².